The highest BCUT2D eigenvalue weighted by molar-refractivity contribution is 5.73. The van der Waals surface area contributed by atoms with Crippen LogP contribution in [0.1, 0.15) is 11.5 Å². The van der Waals surface area contributed by atoms with E-state index in [-0.39, 0.29) is 57.2 Å². The highest BCUT2D eigenvalue weighted by Gasteiger charge is 2.24. The van der Waals surface area contributed by atoms with Gasteiger partial charge in [-0.05, 0) is 19.1 Å². The fraction of sp³-hybridized carbons (Fsp3) is 0.500. The van der Waals surface area contributed by atoms with Crippen LogP contribution in [0, 0.1) is 23.5 Å². The van der Waals surface area contributed by atoms with Gasteiger partial charge in [-0.2, -0.15) is 4.91 Å². The third-order valence-electron chi connectivity index (χ3n) is 5.12. The third kappa shape index (κ3) is 6.81. The first-order valence-electron chi connectivity index (χ1n) is 10.7. The van der Waals surface area contributed by atoms with Crippen LogP contribution < -0.4 is 26.3 Å². The average Bonchev–Trinajstić information content (AvgIpc) is 3.08. The molecule has 1 fully saturated rings. The minimum Gasteiger partial charge on any atom is -0.383 e. The first kappa shape index (κ1) is 25.2. The fourth-order valence-corrected chi connectivity index (χ4v) is 3.46. The number of hydrazine groups is 1. The lowest BCUT2D eigenvalue weighted by atomic mass is 10.2. The molecule has 11 nitrogen and oxygen atoms in total. The van der Waals surface area contributed by atoms with Crippen molar-refractivity contribution in [2.24, 2.45) is 5.18 Å². The lowest BCUT2D eigenvalue weighted by molar-refractivity contribution is 0.177. The Morgan fingerprint density at radius 1 is 1.24 bits per heavy atom. The third-order valence-corrected chi connectivity index (χ3v) is 5.12. The molecule has 1 saturated heterocycles. The number of hydrogen-bond acceptors (Lipinski definition) is 9. The molecule has 0 spiro atoms. The molecule has 1 aromatic heterocycles. The molecule has 34 heavy (non-hydrogen) atoms. The summed E-state index contributed by atoms with van der Waals surface area (Å²) in [6.45, 7) is 2.01. The number of urea groups is 1. The van der Waals surface area contributed by atoms with Crippen LogP contribution in [0.4, 0.5) is 29.3 Å². The van der Waals surface area contributed by atoms with Crippen molar-refractivity contribution < 1.29 is 22.5 Å². The second-order valence-corrected chi connectivity index (χ2v) is 7.65. The lowest BCUT2D eigenvalue weighted by Gasteiger charge is -2.24. The van der Waals surface area contributed by atoms with Gasteiger partial charge in [-0.25, -0.2) is 23.4 Å². The number of anilines is 2. The molecule has 4 N–H and O–H groups in total. The Hall–Kier alpha value is -3.39. The Morgan fingerprint density at radius 2 is 2.00 bits per heavy atom. The quantitative estimate of drug-likeness (QED) is 0.297. The van der Waals surface area contributed by atoms with Gasteiger partial charge in [0.25, 0.3) is 0 Å². The smallest absolute Gasteiger partial charge is 0.332 e. The number of carbonyl (C=O) groups is 1. The van der Waals surface area contributed by atoms with Crippen molar-refractivity contribution in [3.63, 3.8) is 0 Å². The van der Waals surface area contributed by atoms with Crippen LogP contribution >= 0.6 is 0 Å². The SMILES string of the molecule is Cc1cc(CNC(=O)N2CCN(c3c(F)cc(NCC(CNCF)N=O)cc3F)CCN2)no1. The van der Waals surface area contributed by atoms with Crippen molar-refractivity contribution >= 4 is 17.4 Å². The van der Waals surface area contributed by atoms with Gasteiger partial charge in [0.2, 0.25) is 0 Å². The van der Waals surface area contributed by atoms with Gasteiger partial charge in [0.05, 0.1) is 13.1 Å². The van der Waals surface area contributed by atoms with Gasteiger partial charge >= 0.3 is 6.03 Å². The van der Waals surface area contributed by atoms with E-state index in [1.54, 1.807) is 13.0 Å². The first-order chi connectivity index (χ1) is 16.4. The minimum absolute atomic E-state index is 0.000859. The van der Waals surface area contributed by atoms with Gasteiger partial charge in [0, 0.05) is 44.5 Å². The van der Waals surface area contributed by atoms with Crippen LogP contribution in [0.2, 0.25) is 0 Å². The summed E-state index contributed by atoms with van der Waals surface area (Å²) in [6, 6.07) is 2.74. The van der Waals surface area contributed by atoms with Gasteiger partial charge in [0.15, 0.2) is 11.6 Å². The summed E-state index contributed by atoms with van der Waals surface area (Å²) in [7, 11) is 0. The molecule has 1 atom stereocenters. The second-order valence-electron chi connectivity index (χ2n) is 7.65. The standard InChI is InChI=1S/C20H27F3N8O3/c1-13-6-15(29-34-13)10-26-20(32)31-5-4-30(3-2-27-31)19-17(22)7-14(8-18(19)23)25-11-16(28-33)9-24-12-21/h6-8,16,24-25,27H,2-5,9-12H2,1H3,(H,26,32). The number of rotatable bonds is 10. The Kier molecular flexibility index (Phi) is 9.04. The number of nitroso groups, excluding NO2 is 1. The fourth-order valence-electron chi connectivity index (χ4n) is 3.46. The number of nitrogens with zero attached hydrogens (tertiary/aromatic N) is 4. The maximum Gasteiger partial charge on any atom is 0.332 e. The molecule has 0 aliphatic carbocycles. The Morgan fingerprint density at radius 3 is 2.65 bits per heavy atom. The van der Waals surface area contributed by atoms with Crippen molar-refractivity contribution in [2.45, 2.75) is 19.5 Å². The number of aryl methyl sites for hydroxylation is 1. The monoisotopic (exact) mass is 484 g/mol. The van der Waals surface area contributed by atoms with Crippen LogP contribution in [-0.4, -0.2) is 68.3 Å². The van der Waals surface area contributed by atoms with Gasteiger partial charge in [-0.15, -0.1) is 0 Å². The van der Waals surface area contributed by atoms with E-state index in [0.29, 0.717) is 11.5 Å². The molecule has 186 valence electrons. The summed E-state index contributed by atoms with van der Waals surface area (Å²) >= 11 is 0. The number of benzene rings is 1. The van der Waals surface area contributed by atoms with E-state index in [1.807, 2.05) is 0 Å². The topological polar surface area (TPSA) is 127 Å². The van der Waals surface area contributed by atoms with E-state index < -0.39 is 30.5 Å². The largest absolute Gasteiger partial charge is 0.383 e. The molecule has 0 bridgehead atoms. The van der Waals surface area contributed by atoms with E-state index in [4.69, 9.17) is 4.52 Å². The van der Waals surface area contributed by atoms with Crippen molar-refractivity contribution in [3.8, 4) is 0 Å². The average molecular weight is 484 g/mol. The molecule has 0 saturated carbocycles. The molecular weight excluding hydrogens is 457 g/mol. The Bertz CT molecular complexity index is 953. The molecule has 0 radical (unpaired) electrons. The normalized spacial score (nSPS) is 15.1. The number of halogens is 3. The zero-order valence-electron chi connectivity index (χ0n) is 18.6. The van der Waals surface area contributed by atoms with Crippen LogP contribution in [0.5, 0.6) is 0 Å². The van der Waals surface area contributed by atoms with Crippen LogP contribution in [0.25, 0.3) is 0 Å². The van der Waals surface area contributed by atoms with Crippen LogP contribution in [-0.2, 0) is 6.54 Å². The summed E-state index contributed by atoms with van der Waals surface area (Å²) < 4.78 is 46.7. The maximum atomic E-state index is 14.8. The predicted octanol–water partition coefficient (Wildman–Crippen LogP) is 1.86. The van der Waals surface area contributed by atoms with E-state index in [1.165, 1.54) is 9.91 Å². The predicted molar refractivity (Wildman–Crippen MR) is 119 cm³/mol. The number of hydrogen-bond donors (Lipinski definition) is 4. The summed E-state index contributed by atoms with van der Waals surface area (Å²) in [5, 5.41) is 15.8. The van der Waals surface area contributed by atoms with Crippen LogP contribution in [0.15, 0.2) is 27.9 Å². The number of aromatic nitrogens is 1. The highest BCUT2D eigenvalue weighted by atomic mass is 19.1. The lowest BCUT2D eigenvalue weighted by Crippen LogP contribution is -2.48. The molecule has 1 aliphatic heterocycles. The Balaban J connectivity index is 1.57. The maximum absolute atomic E-state index is 14.8. The molecule has 1 aliphatic rings. The summed E-state index contributed by atoms with van der Waals surface area (Å²) in [5.74, 6) is -0.953. The second kappa shape index (κ2) is 12.2. The molecule has 1 unspecified atom stereocenters. The zero-order chi connectivity index (χ0) is 24.5. The minimum atomic E-state index is -0.810. The number of carbonyl (C=O) groups excluding carboxylic acids is 1. The highest BCUT2D eigenvalue weighted by Crippen LogP contribution is 2.27. The van der Waals surface area contributed by atoms with E-state index in [9.17, 15) is 22.9 Å². The molecular formula is C20H27F3N8O3. The Labute approximate surface area is 194 Å². The van der Waals surface area contributed by atoms with Gasteiger partial charge in [-0.1, -0.05) is 10.3 Å². The first-order valence-corrected chi connectivity index (χ1v) is 10.7. The molecule has 3 rings (SSSR count). The summed E-state index contributed by atoms with van der Waals surface area (Å²) in [5.41, 5.74) is 3.43. The number of nitrogens with one attached hydrogen (secondary N) is 4. The molecule has 2 heterocycles. The number of amides is 2. The zero-order valence-corrected chi connectivity index (χ0v) is 18.6. The van der Waals surface area contributed by atoms with Gasteiger partial charge < -0.3 is 20.1 Å². The van der Waals surface area contributed by atoms with E-state index in [0.717, 1.165) is 12.1 Å². The van der Waals surface area contributed by atoms with Crippen molar-refractivity contribution in [1.82, 2.24) is 26.2 Å². The van der Waals surface area contributed by atoms with E-state index in [2.05, 4.69) is 31.7 Å². The summed E-state index contributed by atoms with van der Waals surface area (Å²) in [4.78, 5) is 24.7. The van der Waals surface area contributed by atoms with Gasteiger partial charge in [0.1, 0.15) is 30.0 Å². The number of alkyl halides is 1. The molecule has 2 aromatic rings. The van der Waals surface area contributed by atoms with Gasteiger partial charge in [-0.3, -0.25) is 10.3 Å². The summed E-state index contributed by atoms with van der Waals surface area (Å²) in [6.07, 6.45) is 0. The van der Waals surface area contributed by atoms with Crippen LogP contribution in [0.3, 0.4) is 0 Å². The van der Waals surface area contributed by atoms with E-state index >= 15 is 0 Å². The van der Waals surface area contributed by atoms with Crippen molar-refractivity contribution in [1.29, 1.82) is 0 Å². The van der Waals surface area contributed by atoms with Crippen molar-refractivity contribution in [3.05, 3.63) is 46.2 Å². The molecule has 1 aromatic carbocycles. The molecule has 2 amide bonds. The van der Waals surface area contributed by atoms with Crippen molar-refractivity contribution in [2.75, 3.05) is 56.3 Å². The molecule has 14 heteroatoms.